The van der Waals surface area contributed by atoms with Gasteiger partial charge in [-0.1, -0.05) is 18.2 Å². The first-order valence-electron chi connectivity index (χ1n) is 8.41. The number of methoxy groups -OCH3 is 2. The SMILES string of the molecule is C=C[C@H](OCc1ccc(OC)cc1)[C@H](CCCO)OCOCCOC. The van der Waals surface area contributed by atoms with Crippen LogP contribution in [-0.2, 0) is 25.6 Å². The van der Waals surface area contributed by atoms with E-state index in [0.29, 0.717) is 32.7 Å². The van der Waals surface area contributed by atoms with Crippen LogP contribution in [-0.4, -0.2) is 58.1 Å². The second kappa shape index (κ2) is 13.8. The Hall–Kier alpha value is -1.44. The van der Waals surface area contributed by atoms with Gasteiger partial charge in [0.1, 0.15) is 18.6 Å². The Morgan fingerprint density at radius 3 is 2.48 bits per heavy atom. The smallest absolute Gasteiger partial charge is 0.147 e. The molecule has 0 bridgehead atoms. The van der Waals surface area contributed by atoms with Gasteiger partial charge in [-0.25, -0.2) is 0 Å². The lowest BCUT2D eigenvalue weighted by Gasteiger charge is -2.25. The molecule has 1 N–H and O–H groups in total. The van der Waals surface area contributed by atoms with E-state index < -0.39 is 0 Å². The minimum atomic E-state index is -0.292. The van der Waals surface area contributed by atoms with Crippen molar-refractivity contribution in [1.29, 1.82) is 0 Å². The fraction of sp³-hybridized carbons (Fsp3) is 0.579. The highest BCUT2D eigenvalue weighted by Gasteiger charge is 2.20. The second-order valence-corrected chi connectivity index (χ2v) is 5.45. The molecule has 25 heavy (non-hydrogen) atoms. The topological polar surface area (TPSA) is 66.4 Å². The summed E-state index contributed by atoms with van der Waals surface area (Å²) < 4.78 is 27.1. The minimum Gasteiger partial charge on any atom is -0.497 e. The van der Waals surface area contributed by atoms with E-state index in [0.717, 1.165) is 11.3 Å². The summed E-state index contributed by atoms with van der Waals surface area (Å²) >= 11 is 0. The summed E-state index contributed by atoms with van der Waals surface area (Å²) in [5, 5.41) is 9.09. The molecule has 0 unspecified atom stereocenters. The van der Waals surface area contributed by atoms with Gasteiger partial charge in [0.2, 0.25) is 0 Å². The molecule has 0 aromatic heterocycles. The molecule has 1 rings (SSSR count). The van der Waals surface area contributed by atoms with Gasteiger partial charge in [0, 0.05) is 13.7 Å². The molecular formula is C19H30O6. The monoisotopic (exact) mass is 354 g/mol. The Kier molecular flexibility index (Phi) is 11.9. The molecule has 0 fully saturated rings. The van der Waals surface area contributed by atoms with E-state index >= 15 is 0 Å². The first-order chi connectivity index (χ1) is 12.2. The third-order valence-electron chi connectivity index (χ3n) is 3.64. The van der Waals surface area contributed by atoms with Gasteiger partial charge in [-0.2, -0.15) is 0 Å². The molecule has 0 saturated heterocycles. The Morgan fingerprint density at radius 1 is 1.12 bits per heavy atom. The Labute approximate surface area is 150 Å². The van der Waals surface area contributed by atoms with Crippen LogP contribution in [0.15, 0.2) is 36.9 Å². The summed E-state index contributed by atoms with van der Waals surface area (Å²) in [6.45, 7) is 5.51. The normalized spacial score (nSPS) is 13.4. The van der Waals surface area contributed by atoms with E-state index in [1.807, 2.05) is 24.3 Å². The number of rotatable bonds is 15. The van der Waals surface area contributed by atoms with Crippen molar-refractivity contribution in [1.82, 2.24) is 0 Å². The molecule has 0 spiro atoms. The number of aliphatic hydroxyl groups is 1. The van der Waals surface area contributed by atoms with Gasteiger partial charge in [-0.3, -0.25) is 0 Å². The standard InChI is InChI=1S/C19H30O6/c1-4-18(24-14-16-7-9-17(22-3)10-8-16)19(6-5-11-20)25-15-23-13-12-21-2/h4,7-10,18-20H,1,5-6,11-15H2,2-3H3/t18-,19-/m0/s1. The van der Waals surface area contributed by atoms with Gasteiger partial charge in [0.25, 0.3) is 0 Å². The lowest BCUT2D eigenvalue weighted by Crippen LogP contribution is -2.31. The molecule has 0 heterocycles. The molecule has 6 nitrogen and oxygen atoms in total. The van der Waals surface area contributed by atoms with Crippen LogP contribution >= 0.6 is 0 Å². The maximum Gasteiger partial charge on any atom is 0.147 e. The second-order valence-electron chi connectivity index (χ2n) is 5.45. The zero-order valence-electron chi connectivity index (χ0n) is 15.2. The van der Waals surface area contributed by atoms with E-state index in [9.17, 15) is 0 Å². The van der Waals surface area contributed by atoms with Crippen molar-refractivity contribution in [2.45, 2.75) is 31.7 Å². The van der Waals surface area contributed by atoms with Crippen LogP contribution < -0.4 is 4.74 Å². The molecule has 0 saturated carbocycles. The number of aliphatic hydroxyl groups excluding tert-OH is 1. The van der Waals surface area contributed by atoms with Gasteiger partial charge in [0.15, 0.2) is 0 Å². The zero-order valence-corrected chi connectivity index (χ0v) is 15.2. The lowest BCUT2D eigenvalue weighted by molar-refractivity contribution is -0.136. The fourth-order valence-electron chi connectivity index (χ4n) is 2.21. The molecule has 0 aliphatic heterocycles. The average molecular weight is 354 g/mol. The van der Waals surface area contributed by atoms with Gasteiger partial charge in [-0.05, 0) is 30.5 Å². The largest absolute Gasteiger partial charge is 0.497 e. The average Bonchev–Trinajstić information content (AvgIpc) is 2.66. The molecule has 0 radical (unpaired) electrons. The first-order valence-corrected chi connectivity index (χ1v) is 8.41. The number of benzene rings is 1. The van der Waals surface area contributed by atoms with E-state index in [2.05, 4.69) is 6.58 Å². The molecule has 0 amide bonds. The lowest BCUT2D eigenvalue weighted by atomic mass is 10.1. The fourth-order valence-corrected chi connectivity index (χ4v) is 2.21. The Balaban J connectivity index is 2.50. The van der Waals surface area contributed by atoms with Crippen molar-refractivity contribution in [2.24, 2.45) is 0 Å². The molecule has 0 aliphatic carbocycles. The predicted molar refractivity (Wildman–Crippen MR) is 95.7 cm³/mol. The highest BCUT2D eigenvalue weighted by atomic mass is 16.7. The van der Waals surface area contributed by atoms with Crippen molar-refractivity contribution in [3.63, 3.8) is 0 Å². The Bertz CT molecular complexity index is 448. The van der Waals surface area contributed by atoms with Crippen LogP contribution in [0.4, 0.5) is 0 Å². The van der Waals surface area contributed by atoms with Crippen molar-refractivity contribution < 1.29 is 28.8 Å². The van der Waals surface area contributed by atoms with Crippen molar-refractivity contribution in [3.05, 3.63) is 42.5 Å². The summed E-state index contributed by atoms with van der Waals surface area (Å²) in [7, 11) is 3.26. The van der Waals surface area contributed by atoms with Gasteiger partial charge >= 0.3 is 0 Å². The summed E-state index contributed by atoms with van der Waals surface area (Å²) in [5.41, 5.74) is 1.03. The number of hydrogen-bond acceptors (Lipinski definition) is 6. The van der Waals surface area contributed by atoms with Crippen LogP contribution in [0.25, 0.3) is 0 Å². The van der Waals surface area contributed by atoms with E-state index in [-0.39, 0.29) is 25.6 Å². The van der Waals surface area contributed by atoms with Crippen LogP contribution in [0.5, 0.6) is 5.75 Å². The summed E-state index contributed by atoms with van der Waals surface area (Å²) in [5.74, 6) is 0.807. The molecule has 1 aromatic carbocycles. The van der Waals surface area contributed by atoms with E-state index in [1.54, 1.807) is 20.3 Å². The number of hydrogen-bond donors (Lipinski definition) is 1. The predicted octanol–water partition coefficient (Wildman–Crippen LogP) is 2.54. The van der Waals surface area contributed by atoms with Gasteiger partial charge in [-0.15, -0.1) is 6.58 Å². The third-order valence-corrected chi connectivity index (χ3v) is 3.64. The summed E-state index contributed by atoms with van der Waals surface area (Å²) in [6.07, 6.45) is 2.48. The maximum atomic E-state index is 9.09. The number of ether oxygens (including phenoxy) is 5. The quantitative estimate of drug-likeness (QED) is 0.297. The highest BCUT2D eigenvalue weighted by Crippen LogP contribution is 2.16. The highest BCUT2D eigenvalue weighted by molar-refractivity contribution is 5.26. The van der Waals surface area contributed by atoms with Crippen LogP contribution in [0.3, 0.4) is 0 Å². The molecule has 6 heteroatoms. The molecular weight excluding hydrogens is 324 g/mol. The maximum absolute atomic E-state index is 9.09. The van der Waals surface area contributed by atoms with Crippen molar-refractivity contribution in [3.8, 4) is 5.75 Å². The third kappa shape index (κ3) is 9.00. The summed E-state index contributed by atoms with van der Waals surface area (Å²) in [4.78, 5) is 0. The van der Waals surface area contributed by atoms with E-state index in [1.165, 1.54) is 0 Å². The van der Waals surface area contributed by atoms with Gasteiger partial charge in [0.05, 0.1) is 33.0 Å². The first kappa shape index (κ1) is 21.6. The molecule has 2 atom stereocenters. The molecule has 142 valence electrons. The summed E-state index contributed by atoms with van der Waals surface area (Å²) in [6, 6.07) is 7.70. The Morgan fingerprint density at radius 2 is 1.88 bits per heavy atom. The minimum absolute atomic E-state index is 0.104. The van der Waals surface area contributed by atoms with E-state index in [4.69, 9.17) is 28.8 Å². The van der Waals surface area contributed by atoms with Crippen molar-refractivity contribution in [2.75, 3.05) is 40.8 Å². The van der Waals surface area contributed by atoms with Crippen LogP contribution in [0.1, 0.15) is 18.4 Å². The molecule has 0 aliphatic rings. The zero-order chi connectivity index (χ0) is 18.3. The van der Waals surface area contributed by atoms with Crippen LogP contribution in [0.2, 0.25) is 0 Å². The van der Waals surface area contributed by atoms with Gasteiger partial charge < -0.3 is 28.8 Å². The molecule has 1 aromatic rings. The van der Waals surface area contributed by atoms with Crippen molar-refractivity contribution >= 4 is 0 Å². The van der Waals surface area contributed by atoms with Crippen LogP contribution in [0, 0.1) is 0 Å².